The van der Waals surface area contributed by atoms with Gasteiger partial charge in [0.2, 0.25) is 0 Å². The molecule has 0 amide bonds. The fraction of sp³-hybridized carbons (Fsp3) is 0.333. The van der Waals surface area contributed by atoms with Crippen molar-refractivity contribution in [1.29, 1.82) is 0 Å². The summed E-state index contributed by atoms with van der Waals surface area (Å²) in [6.07, 6.45) is 1.89. The highest BCUT2D eigenvalue weighted by Crippen LogP contribution is 2.27. The molecule has 4 rings (SSSR count). The summed E-state index contributed by atoms with van der Waals surface area (Å²) in [5.74, 6) is 0. The largest absolute Gasteiger partial charge is 0.375 e. The van der Waals surface area contributed by atoms with E-state index in [1.54, 1.807) is 12.3 Å². The third-order valence-electron chi connectivity index (χ3n) is 4.45. The van der Waals surface area contributed by atoms with Crippen molar-refractivity contribution in [3.8, 4) is 0 Å². The zero-order chi connectivity index (χ0) is 16.5. The average Bonchev–Trinajstić information content (AvgIpc) is 3.05. The highest BCUT2D eigenvalue weighted by Gasteiger charge is 2.28. The van der Waals surface area contributed by atoms with Gasteiger partial charge in [-0.15, -0.1) is 0 Å². The van der Waals surface area contributed by atoms with Crippen molar-refractivity contribution in [2.75, 3.05) is 13.2 Å². The van der Waals surface area contributed by atoms with E-state index in [-0.39, 0.29) is 17.7 Å². The van der Waals surface area contributed by atoms with Gasteiger partial charge in [0.05, 0.1) is 24.4 Å². The number of hydrogen-bond acceptors (Lipinski definition) is 4. The van der Waals surface area contributed by atoms with Crippen molar-refractivity contribution in [3.05, 3.63) is 70.3 Å². The van der Waals surface area contributed by atoms with E-state index in [9.17, 15) is 4.79 Å². The molecule has 6 heteroatoms. The van der Waals surface area contributed by atoms with Crippen molar-refractivity contribution in [2.24, 2.45) is 0 Å². The second-order valence-electron chi connectivity index (χ2n) is 6.24. The number of rotatable bonds is 3. The monoisotopic (exact) mass is 324 g/mol. The number of aromatic amines is 1. The van der Waals surface area contributed by atoms with Crippen LogP contribution in [0.25, 0.3) is 5.65 Å². The minimum atomic E-state index is -0.0856. The summed E-state index contributed by atoms with van der Waals surface area (Å²) in [5, 5.41) is 2.87. The first-order valence-electron chi connectivity index (χ1n) is 8.17. The van der Waals surface area contributed by atoms with Crippen molar-refractivity contribution in [3.63, 3.8) is 0 Å². The van der Waals surface area contributed by atoms with Gasteiger partial charge in [0.15, 0.2) is 5.65 Å². The smallest absolute Gasteiger partial charge is 0.272 e. The normalized spacial score (nSPS) is 22.0. The maximum Gasteiger partial charge on any atom is 0.272 e. The van der Waals surface area contributed by atoms with E-state index in [2.05, 4.69) is 34.0 Å². The second kappa shape index (κ2) is 6.22. The molecule has 1 saturated heterocycles. The number of aromatic nitrogens is 3. The molecule has 3 heterocycles. The first kappa shape index (κ1) is 15.1. The maximum absolute atomic E-state index is 12.2. The van der Waals surface area contributed by atoms with Crippen molar-refractivity contribution in [2.45, 2.75) is 25.6 Å². The third kappa shape index (κ3) is 2.86. The number of ether oxygens (including phenoxy) is 1. The van der Waals surface area contributed by atoms with E-state index in [1.807, 2.05) is 24.3 Å². The van der Waals surface area contributed by atoms with Crippen LogP contribution < -0.4 is 5.56 Å². The predicted octanol–water partition coefficient (Wildman–Crippen LogP) is 1.98. The molecule has 3 aromatic rings. The van der Waals surface area contributed by atoms with E-state index in [0.29, 0.717) is 18.8 Å². The van der Waals surface area contributed by atoms with Gasteiger partial charge in [-0.25, -0.2) is 9.50 Å². The lowest BCUT2D eigenvalue weighted by Crippen LogP contribution is -2.43. The van der Waals surface area contributed by atoms with Gasteiger partial charge in [-0.2, -0.15) is 0 Å². The Morgan fingerprint density at radius 1 is 1.29 bits per heavy atom. The number of morpholine rings is 1. The topological polar surface area (TPSA) is 62.6 Å². The van der Waals surface area contributed by atoms with E-state index in [1.165, 1.54) is 10.1 Å². The van der Waals surface area contributed by atoms with E-state index in [4.69, 9.17) is 4.74 Å². The standard InChI is InChI=1S/C18H20N4O2/c1-13-10-21(16(12-24-13)14-5-3-2-4-6-14)11-15-9-18(23)22-17(20-15)7-8-19-22/h2-9,13,16,19H,10-12H2,1H3/t13-,16-/m1/s1. The molecule has 24 heavy (non-hydrogen) atoms. The molecule has 1 aromatic carbocycles. The van der Waals surface area contributed by atoms with E-state index in [0.717, 1.165) is 12.2 Å². The van der Waals surface area contributed by atoms with Crippen LogP contribution in [0.3, 0.4) is 0 Å². The molecular formula is C18H20N4O2. The summed E-state index contributed by atoms with van der Waals surface area (Å²) >= 11 is 0. The summed E-state index contributed by atoms with van der Waals surface area (Å²) in [5.41, 5.74) is 2.58. The first-order chi connectivity index (χ1) is 11.7. The quantitative estimate of drug-likeness (QED) is 0.800. The molecule has 0 radical (unpaired) electrons. The molecule has 0 unspecified atom stereocenters. The second-order valence-corrected chi connectivity index (χ2v) is 6.24. The molecular weight excluding hydrogens is 304 g/mol. The average molecular weight is 324 g/mol. The summed E-state index contributed by atoms with van der Waals surface area (Å²) in [6.45, 7) is 4.17. The Hall–Kier alpha value is -2.44. The summed E-state index contributed by atoms with van der Waals surface area (Å²) < 4.78 is 7.31. The van der Waals surface area contributed by atoms with Crippen LogP contribution in [0.1, 0.15) is 24.2 Å². The van der Waals surface area contributed by atoms with Crippen LogP contribution >= 0.6 is 0 Å². The molecule has 0 saturated carbocycles. The number of nitrogens with one attached hydrogen (secondary N) is 1. The molecule has 124 valence electrons. The number of H-pyrrole nitrogens is 1. The lowest BCUT2D eigenvalue weighted by atomic mass is 10.0. The van der Waals surface area contributed by atoms with Crippen LogP contribution in [0.5, 0.6) is 0 Å². The highest BCUT2D eigenvalue weighted by atomic mass is 16.5. The Balaban J connectivity index is 1.65. The van der Waals surface area contributed by atoms with Crippen molar-refractivity contribution in [1.82, 2.24) is 19.5 Å². The third-order valence-corrected chi connectivity index (χ3v) is 4.45. The minimum Gasteiger partial charge on any atom is -0.375 e. The lowest BCUT2D eigenvalue weighted by molar-refractivity contribution is -0.0601. The Morgan fingerprint density at radius 3 is 2.96 bits per heavy atom. The van der Waals surface area contributed by atoms with Crippen LogP contribution in [-0.2, 0) is 11.3 Å². The molecule has 2 aromatic heterocycles. The molecule has 0 spiro atoms. The number of hydrogen-bond donors (Lipinski definition) is 1. The lowest BCUT2D eigenvalue weighted by Gasteiger charge is -2.38. The van der Waals surface area contributed by atoms with Gasteiger partial charge in [0, 0.05) is 31.4 Å². The number of benzene rings is 1. The maximum atomic E-state index is 12.2. The van der Waals surface area contributed by atoms with E-state index < -0.39 is 0 Å². The summed E-state index contributed by atoms with van der Waals surface area (Å²) in [6, 6.07) is 13.9. The highest BCUT2D eigenvalue weighted by molar-refractivity contribution is 5.36. The zero-order valence-corrected chi connectivity index (χ0v) is 13.6. The molecule has 1 aliphatic rings. The summed E-state index contributed by atoms with van der Waals surface area (Å²) in [7, 11) is 0. The van der Waals surface area contributed by atoms with Gasteiger partial charge < -0.3 is 4.74 Å². The molecule has 0 bridgehead atoms. The van der Waals surface area contributed by atoms with Crippen LogP contribution in [0.15, 0.2) is 53.5 Å². The van der Waals surface area contributed by atoms with Crippen LogP contribution in [0, 0.1) is 0 Å². The fourth-order valence-corrected chi connectivity index (χ4v) is 3.29. The van der Waals surface area contributed by atoms with Gasteiger partial charge in [-0.3, -0.25) is 14.8 Å². The van der Waals surface area contributed by atoms with Crippen molar-refractivity contribution >= 4 is 5.65 Å². The molecule has 1 fully saturated rings. The number of nitrogens with zero attached hydrogens (tertiary/aromatic N) is 3. The molecule has 2 atom stereocenters. The Morgan fingerprint density at radius 2 is 2.12 bits per heavy atom. The fourth-order valence-electron chi connectivity index (χ4n) is 3.29. The Labute approximate surface area is 139 Å². The molecule has 1 aliphatic heterocycles. The Bertz CT molecular complexity index is 887. The number of fused-ring (bicyclic) bond motifs is 1. The van der Waals surface area contributed by atoms with Crippen LogP contribution in [-0.4, -0.2) is 38.8 Å². The first-order valence-corrected chi connectivity index (χ1v) is 8.17. The van der Waals surface area contributed by atoms with Gasteiger partial charge in [-0.05, 0) is 12.5 Å². The Kier molecular flexibility index (Phi) is 3.92. The molecule has 1 N–H and O–H groups in total. The van der Waals surface area contributed by atoms with Crippen LogP contribution in [0.2, 0.25) is 0 Å². The van der Waals surface area contributed by atoms with Gasteiger partial charge in [-0.1, -0.05) is 30.3 Å². The van der Waals surface area contributed by atoms with Crippen molar-refractivity contribution < 1.29 is 4.74 Å². The SMILES string of the molecule is C[C@@H]1CN(Cc2cc(=O)n3[nH]ccc3n2)[C@@H](c2ccccc2)CO1. The van der Waals surface area contributed by atoms with E-state index >= 15 is 0 Å². The molecule has 6 nitrogen and oxygen atoms in total. The zero-order valence-electron chi connectivity index (χ0n) is 13.6. The minimum absolute atomic E-state index is 0.0856. The summed E-state index contributed by atoms with van der Waals surface area (Å²) in [4.78, 5) is 19.1. The van der Waals surface area contributed by atoms with Gasteiger partial charge in [0.25, 0.3) is 5.56 Å². The van der Waals surface area contributed by atoms with Gasteiger partial charge >= 0.3 is 0 Å². The predicted molar refractivity (Wildman–Crippen MR) is 90.8 cm³/mol. The van der Waals surface area contributed by atoms with Crippen LogP contribution in [0.4, 0.5) is 0 Å². The molecule has 0 aliphatic carbocycles. The van der Waals surface area contributed by atoms with Gasteiger partial charge in [0.1, 0.15) is 0 Å².